The summed E-state index contributed by atoms with van der Waals surface area (Å²) in [4.78, 5) is 12.5. The second kappa shape index (κ2) is 7.68. The van der Waals surface area contributed by atoms with Crippen molar-refractivity contribution >= 4 is 33.0 Å². The molecule has 0 radical (unpaired) electrons. The van der Waals surface area contributed by atoms with E-state index in [1.54, 1.807) is 17.5 Å². The molecule has 1 aliphatic heterocycles. The molecule has 5 nitrogen and oxygen atoms in total. The zero-order valence-electron chi connectivity index (χ0n) is 14.1. The molecule has 1 saturated heterocycles. The highest BCUT2D eigenvalue weighted by molar-refractivity contribution is 7.91. The molecule has 7 heteroatoms. The molecule has 0 saturated carbocycles. The average Bonchev–Trinajstić information content (AvgIpc) is 3.18. The maximum atomic E-state index is 12.5. The normalized spacial score (nSPS) is 16.7. The number of thiophene rings is 1. The topological polar surface area (TPSA) is 66.5 Å². The van der Waals surface area contributed by atoms with Crippen molar-refractivity contribution in [2.24, 2.45) is 5.92 Å². The van der Waals surface area contributed by atoms with Gasteiger partial charge in [-0.2, -0.15) is 4.31 Å². The fourth-order valence-corrected chi connectivity index (χ4v) is 5.70. The molecule has 1 amide bonds. The van der Waals surface area contributed by atoms with E-state index in [0.29, 0.717) is 30.1 Å². The van der Waals surface area contributed by atoms with Gasteiger partial charge in [0.2, 0.25) is 5.91 Å². The van der Waals surface area contributed by atoms with Gasteiger partial charge >= 0.3 is 0 Å². The molecule has 2 aromatic rings. The quantitative estimate of drug-likeness (QED) is 0.868. The van der Waals surface area contributed by atoms with Crippen LogP contribution in [-0.4, -0.2) is 31.7 Å². The number of sulfonamides is 1. The van der Waals surface area contributed by atoms with E-state index >= 15 is 0 Å². The van der Waals surface area contributed by atoms with Gasteiger partial charge in [0.15, 0.2) is 0 Å². The zero-order chi connectivity index (χ0) is 17.9. The van der Waals surface area contributed by atoms with Gasteiger partial charge in [0.25, 0.3) is 10.0 Å². The number of amides is 1. The zero-order valence-corrected chi connectivity index (χ0v) is 15.8. The lowest BCUT2D eigenvalue weighted by Gasteiger charge is -2.30. The fourth-order valence-electron chi connectivity index (χ4n) is 3.08. The van der Waals surface area contributed by atoms with Gasteiger partial charge in [0.05, 0.1) is 0 Å². The van der Waals surface area contributed by atoms with Gasteiger partial charge in [-0.15, -0.1) is 11.3 Å². The second-order valence-corrected chi connectivity index (χ2v) is 9.22. The van der Waals surface area contributed by atoms with Crippen LogP contribution in [0.25, 0.3) is 0 Å². The number of carbonyl (C=O) groups excluding carboxylic acids is 1. The largest absolute Gasteiger partial charge is 0.326 e. The molecule has 0 unspecified atom stereocenters. The first kappa shape index (κ1) is 18.1. The third-order valence-corrected chi connectivity index (χ3v) is 7.84. The van der Waals surface area contributed by atoms with Gasteiger partial charge in [-0.05, 0) is 42.3 Å². The maximum absolute atomic E-state index is 12.5. The number of benzene rings is 1. The van der Waals surface area contributed by atoms with Crippen LogP contribution in [-0.2, 0) is 21.2 Å². The minimum absolute atomic E-state index is 0.0194. The standard InChI is InChI=1S/C18H22N2O3S2/c1-2-14-6-3-4-7-16(14)19-18(21)15-9-11-20(12-10-15)25(22,23)17-8-5-13-24-17/h3-8,13,15H,2,9-12H2,1H3,(H,19,21). The third kappa shape index (κ3) is 3.94. The first-order valence-electron chi connectivity index (χ1n) is 8.44. The molecule has 1 fully saturated rings. The number of hydrogen-bond donors (Lipinski definition) is 1. The summed E-state index contributed by atoms with van der Waals surface area (Å²) in [6, 6.07) is 11.1. The highest BCUT2D eigenvalue weighted by atomic mass is 32.2. The van der Waals surface area contributed by atoms with E-state index in [2.05, 4.69) is 12.2 Å². The highest BCUT2D eigenvalue weighted by Crippen LogP contribution is 2.27. The summed E-state index contributed by atoms with van der Waals surface area (Å²) in [6.45, 7) is 2.82. The van der Waals surface area contributed by atoms with Gasteiger partial charge < -0.3 is 5.32 Å². The SMILES string of the molecule is CCc1ccccc1NC(=O)C1CCN(S(=O)(=O)c2cccs2)CC1. The van der Waals surface area contributed by atoms with Crippen molar-refractivity contribution in [2.75, 3.05) is 18.4 Å². The Balaban J connectivity index is 1.61. The lowest BCUT2D eigenvalue weighted by Crippen LogP contribution is -2.41. The van der Waals surface area contributed by atoms with Crippen molar-refractivity contribution in [1.82, 2.24) is 4.31 Å². The van der Waals surface area contributed by atoms with Gasteiger partial charge in [-0.25, -0.2) is 8.42 Å². The van der Waals surface area contributed by atoms with Crippen LogP contribution in [0.15, 0.2) is 46.0 Å². The number of anilines is 1. The fraction of sp³-hybridized carbons (Fsp3) is 0.389. The summed E-state index contributed by atoms with van der Waals surface area (Å²) < 4.78 is 26.9. The van der Waals surface area contributed by atoms with E-state index in [0.717, 1.165) is 17.7 Å². The molecule has 1 N–H and O–H groups in total. The van der Waals surface area contributed by atoms with Crippen LogP contribution in [0.4, 0.5) is 5.69 Å². The molecular weight excluding hydrogens is 356 g/mol. The summed E-state index contributed by atoms with van der Waals surface area (Å²) in [7, 11) is -3.42. The maximum Gasteiger partial charge on any atom is 0.252 e. The smallest absolute Gasteiger partial charge is 0.252 e. The lowest BCUT2D eigenvalue weighted by atomic mass is 9.97. The van der Waals surface area contributed by atoms with Gasteiger partial charge in [0, 0.05) is 24.7 Å². The van der Waals surface area contributed by atoms with Crippen molar-refractivity contribution in [3.63, 3.8) is 0 Å². The number of aryl methyl sites for hydroxylation is 1. The monoisotopic (exact) mass is 378 g/mol. The second-order valence-electron chi connectivity index (χ2n) is 6.11. The molecule has 25 heavy (non-hydrogen) atoms. The summed E-state index contributed by atoms with van der Waals surface area (Å²) in [5, 5.41) is 4.77. The predicted octanol–water partition coefficient (Wildman–Crippen LogP) is 3.35. The Morgan fingerprint density at radius 1 is 1.20 bits per heavy atom. The molecule has 1 aromatic heterocycles. The molecular formula is C18H22N2O3S2. The minimum Gasteiger partial charge on any atom is -0.326 e. The average molecular weight is 379 g/mol. The molecule has 2 heterocycles. The summed E-state index contributed by atoms with van der Waals surface area (Å²) in [6.07, 6.45) is 1.95. The van der Waals surface area contributed by atoms with E-state index in [4.69, 9.17) is 0 Å². The Morgan fingerprint density at radius 3 is 2.56 bits per heavy atom. The van der Waals surface area contributed by atoms with Crippen LogP contribution in [0.1, 0.15) is 25.3 Å². The van der Waals surface area contributed by atoms with E-state index in [-0.39, 0.29) is 11.8 Å². The van der Waals surface area contributed by atoms with Crippen LogP contribution in [0, 0.1) is 5.92 Å². The number of para-hydroxylation sites is 1. The molecule has 1 aromatic carbocycles. The van der Waals surface area contributed by atoms with Gasteiger partial charge in [-0.1, -0.05) is 31.2 Å². The number of hydrogen-bond acceptors (Lipinski definition) is 4. The van der Waals surface area contributed by atoms with Crippen molar-refractivity contribution in [3.8, 4) is 0 Å². The molecule has 0 aliphatic carbocycles. The number of rotatable bonds is 5. The lowest BCUT2D eigenvalue weighted by molar-refractivity contribution is -0.120. The summed E-state index contributed by atoms with van der Waals surface area (Å²) >= 11 is 1.23. The van der Waals surface area contributed by atoms with E-state index in [9.17, 15) is 13.2 Å². The molecule has 3 rings (SSSR count). The van der Waals surface area contributed by atoms with Gasteiger partial charge in [0.1, 0.15) is 4.21 Å². The van der Waals surface area contributed by atoms with Crippen molar-refractivity contribution in [2.45, 2.75) is 30.4 Å². The number of nitrogens with zero attached hydrogens (tertiary/aromatic N) is 1. The molecule has 1 aliphatic rings. The van der Waals surface area contributed by atoms with Crippen LogP contribution < -0.4 is 5.32 Å². The molecule has 134 valence electrons. The number of carbonyl (C=O) groups is 1. The van der Waals surface area contributed by atoms with Crippen LogP contribution in [0.3, 0.4) is 0 Å². The van der Waals surface area contributed by atoms with Crippen LogP contribution in [0.2, 0.25) is 0 Å². The number of nitrogens with one attached hydrogen (secondary N) is 1. The van der Waals surface area contributed by atoms with Crippen LogP contribution in [0.5, 0.6) is 0 Å². The first-order valence-corrected chi connectivity index (χ1v) is 10.8. The highest BCUT2D eigenvalue weighted by Gasteiger charge is 2.32. The van der Waals surface area contributed by atoms with Crippen molar-refractivity contribution < 1.29 is 13.2 Å². The number of piperidine rings is 1. The van der Waals surface area contributed by atoms with Crippen molar-refractivity contribution in [1.29, 1.82) is 0 Å². The van der Waals surface area contributed by atoms with Crippen LogP contribution >= 0.6 is 11.3 Å². The summed E-state index contributed by atoms with van der Waals surface area (Å²) in [5.74, 6) is -0.172. The molecule has 0 atom stereocenters. The minimum atomic E-state index is -3.42. The molecule has 0 bridgehead atoms. The Bertz CT molecular complexity index is 824. The van der Waals surface area contributed by atoms with E-state index in [1.165, 1.54) is 15.6 Å². The molecule has 0 spiro atoms. The Kier molecular flexibility index (Phi) is 5.56. The Labute approximate surface area is 152 Å². The van der Waals surface area contributed by atoms with E-state index in [1.807, 2.05) is 24.3 Å². The van der Waals surface area contributed by atoms with Gasteiger partial charge in [-0.3, -0.25) is 4.79 Å². The van der Waals surface area contributed by atoms with E-state index < -0.39 is 10.0 Å². The predicted molar refractivity (Wildman–Crippen MR) is 100 cm³/mol. The first-order chi connectivity index (χ1) is 12.0. The third-order valence-electron chi connectivity index (χ3n) is 4.57. The summed E-state index contributed by atoms with van der Waals surface area (Å²) in [5.41, 5.74) is 1.96. The Morgan fingerprint density at radius 2 is 1.92 bits per heavy atom. The van der Waals surface area contributed by atoms with Crippen molar-refractivity contribution in [3.05, 3.63) is 47.3 Å². The Hall–Kier alpha value is -1.70.